The molecule has 0 aromatic rings. The maximum Gasteiger partial charge on any atom is 0.0797 e. The number of allylic oxidation sites excluding steroid dienone is 1. The summed E-state index contributed by atoms with van der Waals surface area (Å²) in [5.41, 5.74) is 1.37. The van der Waals surface area contributed by atoms with E-state index in [0.29, 0.717) is 10.8 Å². The lowest BCUT2D eigenvalue weighted by molar-refractivity contribution is -0.0649. The van der Waals surface area contributed by atoms with E-state index in [1.54, 1.807) is 6.08 Å². The standard InChI is InChI=1S/C20H34O/c1-7-18(4,21)13-14-20(6)16(3)11-12-19(5)15(2)9-8-10-17(19)20/h7,16-17,21H,1-2,8-14H2,3-6H3. The van der Waals surface area contributed by atoms with Crippen LogP contribution in [-0.4, -0.2) is 10.7 Å². The molecule has 0 heterocycles. The molecule has 120 valence electrons. The van der Waals surface area contributed by atoms with Crippen molar-refractivity contribution in [1.82, 2.24) is 0 Å². The zero-order valence-corrected chi connectivity index (χ0v) is 14.5. The predicted octanol–water partition coefficient (Wildman–Crippen LogP) is 5.50. The summed E-state index contributed by atoms with van der Waals surface area (Å²) in [4.78, 5) is 0. The molecule has 1 heteroatoms. The second-order valence-electron chi connectivity index (χ2n) is 8.47. The van der Waals surface area contributed by atoms with Crippen LogP contribution in [0.5, 0.6) is 0 Å². The summed E-state index contributed by atoms with van der Waals surface area (Å²) in [6, 6.07) is 0. The minimum atomic E-state index is -0.734. The number of aliphatic hydroxyl groups is 1. The van der Waals surface area contributed by atoms with E-state index in [4.69, 9.17) is 0 Å². The summed E-state index contributed by atoms with van der Waals surface area (Å²) in [5, 5.41) is 10.3. The van der Waals surface area contributed by atoms with Crippen LogP contribution in [0.1, 0.15) is 72.6 Å². The Morgan fingerprint density at radius 2 is 2.05 bits per heavy atom. The van der Waals surface area contributed by atoms with Gasteiger partial charge < -0.3 is 5.11 Å². The molecule has 0 saturated heterocycles. The summed E-state index contributed by atoms with van der Waals surface area (Å²) in [6.45, 7) is 17.4. The van der Waals surface area contributed by atoms with Gasteiger partial charge in [-0.1, -0.05) is 39.0 Å². The van der Waals surface area contributed by atoms with Gasteiger partial charge in [0.2, 0.25) is 0 Å². The van der Waals surface area contributed by atoms with E-state index in [-0.39, 0.29) is 0 Å². The normalized spacial score (nSPS) is 43.0. The molecule has 0 aromatic carbocycles. The van der Waals surface area contributed by atoms with E-state index in [0.717, 1.165) is 24.7 Å². The zero-order valence-electron chi connectivity index (χ0n) is 14.5. The van der Waals surface area contributed by atoms with E-state index < -0.39 is 5.60 Å². The second kappa shape index (κ2) is 5.57. The Morgan fingerprint density at radius 1 is 1.38 bits per heavy atom. The van der Waals surface area contributed by atoms with Crippen molar-refractivity contribution in [2.24, 2.45) is 22.7 Å². The summed E-state index contributed by atoms with van der Waals surface area (Å²) >= 11 is 0. The lowest BCUT2D eigenvalue weighted by Crippen LogP contribution is -2.50. The maximum absolute atomic E-state index is 10.3. The molecule has 1 nitrogen and oxygen atoms in total. The largest absolute Gasteiger partial charge is 0.386 e. The molecule has 0 aromatic heterocycles. The fraction of sp³-hybridized carbons (Fsp3) is 0.800. The lowest BCUT2D eigenvalue weighted by Gasteiger charge is -2.59. The molecule has 5 unspecified atom stereocenters. The van der Waals surface area contributed by atoms with Crippen LogP contribution in [0.15, 0.2) is 24.8 Å². The summed E-state index contributed by atoms with van der Waals surface area (Å²) < 4.78 is 0. The van der Waals surface area contributed by atoms with Crippen LogP contribution < -0.4 is 0 Å². The third kappa shape index (κ3) is 2.86. The molecule has 2 saturated carbocycles. The fourth-order valence-corrected chi connectivity index (χ4v) is 5.01. The predicted molar refractivity (Wildman–Crippen MR) is 91.1 cm³/mol. The van der Waals surface area contributed by atoms with Gasteiger partial charge in [0.25, 0.3) is 0 Å². The molecular formula is C20H34O. The Balaban J connectivity index is 2.25. The SMILES string of the molecule is C=CC(C)(O)CCC1(C)C(C)CCC2(C)C(=C)CCCC21. The first-order valence-corrected chi connectivity index (χ1v) is 8.70. The van der Waals surface area contributed by atoms with Gasteiger partial charge in [-0.3, -0.25) is 0 Å². The number of rotatable bonds is 4. The van der Waals surface area contributed by atoms with Crippen molar-refractivity contribution in [3.05, 3.63) is 24.8 Å². The Morgan fingerprint density at radius 3 is 2.67 bits per heavy atom. The maximum atomic E-state index is 10.3. The summed E-state index contributed by atoms with van der Waals surface area (Å²) in [7, 11) is 0. The van der Waals surface area contributed by atoms with Crippen molar-refractivity contribution in [1.29, 1.82) is 0 Å². The van der Waals surface area contributed by atoms with E-state index in [2.05, 4.69) is 33.9 Å². The molecule has 5 atom stereocenters. The van der Waals surface area contributed by atoms with Gasteiger partial charge in [-0.15, -0.1) is 6.58 Å². The van der Waals surface area contributed by atoms with Crippen molar-refractivity contribution < 1.29 is 5.11 Å². The third-order valence-electron chi connectivity index (χ3n) is 7.18. The van der Waals surface area contributed by atoms with E-state index >= 15 is 0 Å². The molecule has 1 N–H and O–H groups in total. The molecule has 2 aliphatic rings. The van der Waals surface area contributed by atoms with Gasteiger partial charge in [-0.25, -0.2) is 0 Å². The van der Waals surface area contributed by atoms with Crippen LogP contribution >= 0.6 is 0 Å². The van der Waals surface area contributed by atoms with Crippen molar-refractivity contribution >= 4 is 0 Å². The monoisotopic (exact) mass is 290 g/mol. The van der Waals surface area contributed by atoms with Crippen molar-refractivity contribution in [3.63, 3.8) is 0 Å². The Bertz CT molecular complexity index is 422. The number of fused-ring (bicyclic) bond motifs is 1. The number of hydrogen-bond acceptors (Lipinski definition) is 1. The molecule has 2 aliphatic carbocycles. The zero-order chi connectivity index (χ0) is 15.9. The van der Waals surface area contributed by atoms with Gasteiger partial charge in [0.15, 0.2) is 0 Å². The highest BCUT2D eigenvalue weighted by Gasteiger charge is 2.53. The highest BCUT2D eigenvalue weighted by molar-refractivity contribution is 5.19. The van der Waals surface area contributed by atoms with E-state index in [9.17, 15) is 5.11 Å². The molecule has 21 heavy (non-hydrogen) atoms. The molecule has 0 aliphatic heterocycles. The third-order valence-corrected chi connectivity index (χ3v) is 7.18. The van der Waals surface area contributed by atoms with Crippen LogP contribution in [0.3, 0.4) is 0 Å². The minimum Gasteiger partial charge on any atom is -0.386 e. The first-order chi connectivity index (χ1) is 9.66. The van der Waals surface area contributed by atoms with Gasteiger partial charge in [-0.05, 0) is 74.5 Å². The Hall–Kier alpha value is -0.560. The second-order valence-corrected chi connectivity index (χ2v) is 8.47. The van der Waals surface area contributed by atoms with E-state index in [1.165, 1.54) is 37.7 Å². The fourth-order valence-electron chi connectivity index (χ4n) is 5.01. The Kier molecular flexibility index (Phi) is 4.46. The van der Waals surface area contributed by atoms with Gasteiger partial charge >= 0.3 is 0 Å². The van der Waals surface area contributed by atoms with Crippen molar-refractivity contribution in [2.75, 3.05) is 0 Å². The molecule has 2 rings (SSSR count). The highest BCUT2D eigenvalue weighted by Crippen LogP contribution is 2.62. The van der Waals surface area contributed by atoms with Crippen LogP contribution in [0.25, 0.3) is 0 Å². The van der Waals surface area contributed by atoms with Gasteiger partial charge in [0, 0.05) is 0 Å². The quantitative estimate of drug-likeness (QED) is 0.678. The van der Waals surface area contributed by atoms with Gasteiger partial charge in [-0.2, -0.15) is 0 Å². The van der Waals surface area contributed by atoms with Crippen molar-refractivity contribution in [3.8, 4) is 0 Å². The highest BCUT2D eigenvalue weighted by atomic mass is 16.3. The summed E-state index contributed by atoms with van der Waals surface area (Å²) in [5.74, 6) is 1.44. The minimum absolute atomic E-state index is 0.309. The van der Waals surface area contributed by atoms with Crippen molar-refractivity contribution in [2.45, 2.75) is 78.2 Å². The van der Waals surface area contributed by atoms with Crippen LogP contribution in [0.4, 0.5) is 0 Å². The van der Waals surface area contributed by atoms with Crippen LogP contribution in [0, 0.1) is 22.7 Å². The molecule has 0 radical (unpaired) electrons. The molecule has 0 bridgehead atoms. The first kappa shape index (κ1) is 16.8. The number of hydrogen-bond donors (Lipinski definition) is 1. The van der Waals surface area contributed by atoms with Gasteiger partial charge in [0.1, 0.15) is 0 Å². The smallest absolute Gasteiger partial charge is 0.0797 e. The molecule has 2 fully saturated rings. The molecular weight excluding hydrogens is 256 g/mol. The van der Waals surface area contributed by atoms with Crippen LogP contribution in [0.2, 0.25) is 0 Å². The first-order valence-electron chi connectivity index (χ1n) is 8.70. The van der Waals surface area contributed by atoms with E-state index in [1.807, 2.05) is 6.92 Å². The average molecular weight is 290 g/mol. The molecule has 0 amide bonds. The average Bonchev–Trinajstić information content (AvgIpc) is 2.44. The lowest BCUT2D eigenvalue weighted by atomic mass is 9.46. The van der Waals surface area contributed by atoms with Gasteiger partial charge in [0.05, 0.1) is 5.60 Å². The van der Waals surface area contributed by atoms with Crippen LogP contribution in [-0.2, 0) is 0 Å². The Labute approximate surface area is 131 Å². The topological polar surface area (TPSA) is 20.2 Å². The summed E-state index contributed by atoms with van der Waals surface area (Å²) in [6.07, 6.45) is 10.0. The molecule has 0 spiro atoms.